The monoisotopic (exact) mass is 203 g/mol. The van der Waals surface area contributed by atoms with Gasteiger partial charge in [-0.2, -0.15) is 5.10 Å². The fraction of sp³-hybridized carbons (Fsp3) is 0.200. The van der Waals surface area contributed by atoms with Gasteiger partial charge in [-0.05, 0) is 6.92 Å². The third kappa shape index (κ3) is 2.07. The molecule has 2 heterocycles. The van der Waals surface area contributed by atoms with Crippen LogP contribution in [0.4, 0.5) is 11.6 Å². The lowest BCUT2D eigenvalue weighted by atomic mass is 10.5. The second kappa shape index (κ2) is 4.00. The molecular weight excluding hydrogens is 190 g/mol. The Balaban J connectivity index is 2.23. The van der Waals surface area contributed by atoms with Crippen LogP contribution in [-0.4, -0.2) is 19.7 Å². The Morgan fingerprint density at radius 2 is 2.53 bits per heavy atom. The number of allylic oxidation sites excluding steroid dienone is 1. The number of aromatic nitrogens is 4. The van der Waals surface area contributed by atoms with Gasteiger partial charge in [-0.1, -0.05) is 6.08 Å². The molecule has 0 aliphatic rings. The highest BCUT2D eigenvalue weighted by molar-refractivity contribution is 5.51. The summed E-state index contributed by atoms with van der Waals surface area (Å²) in [4.78, 5) is 4.37. The van der Waals surface area contributed by atoms with Gasteiger partial charge in [0.05, 0.1) is 17.6 Å². The van der Waals surface area contributed by atoms with Crippen molar-refractivity contribution in [2.24, 2.45) is 0 Å². The van der Waals surface area contributed by atoms with E-state index in [2.05, 4.69) is 27.1 Å². The minimum atomic E-state index is 0.737. The van der Waals surface area contributed by atoms with Crippen LogP contribution < -0.4 is 5.32 Å². The minimum Gasteiger partial charge on any atom is -0.323 e. The molecule has 2 rings (SSSR count). The summed E-state index contributed by atoms with van der Waals surface area (Å²) >= 11 is 0. The van der Waals surface area contributed by atoms with E-state index in [1.54, 1.807) is 12.4 Å². The summed E-state index contributed by atoms with van der Waals surface area (Å²) in [6.07, 6.45) is 7.30. The zero-order valence-electron chi connectivity index (χ0n) is 8.57. The number of nitrogens with zero attached hydrogens (tertiary/aromatic N) is 3. The Bertz CT molecular complexity index is 440. The molecule has 0 aliphatic carbocycles. The largest absolute Gasteiger partial charge is 0.323 e. The van der Waals surface area contributed by atoms with Crippen LogP contribution in [0.15, 0.2) is 31.2 Å². The van der Waals surface area contributed by atoms with E-state index < -0.39 is 0 Å². The van der Waals surface area contributed by atoms with Crippen molar-refractivity contribution in [2.45, 2.75) is 13.5 Å². The Labute approximate surface area is 87.8 Å². The number of H-pyrrole nitrogens is 1. The lowest BCUT2D eigenvalue weighted by molar-refractivity contribution is 0.832. The van der Waals surface area contributed by atoms with Gasteiger partial charge in [0.2, 0.25) is 5.95 Å². The lowest BCUT2D eigenvalue weighted by Gasteiger charge is -2.04. The van der Waals surface area contributed by atoms with E-state index in [9.17, 15) is 0 Å². The van der Waals surface area contributed by atoms with Crippen LogP contribution in [-0.2, 0) is 6.54 Å². The average Bonchev–Trinajstić information content (AvgIpc) is 2.78. The number of anilines is 2. The highest BCUT2D eigenvalue weighted by atomic mass is 15.2. The van der Waals surface area contributed by atoms with Crippen molar-refractivity contribution in [2.75, 3.05) is 5.32 Å². The fourth-order valence-corrected chi connectivity index (χ4v) is 1.37. The first-order valence-corrected chi connectivity index (χ1v) is 4.70. The summed E-state index contributed by atoms with van der Waals surface area (Å²) < 4.78 is 2.00. The molecular formula is C10H13N5. The van der Waals surface area contributed by atoms with Gasteiger partial charge in [0.25, 0.3) is 0 Å². The number of aryl methyl sites for hydroxylation is 1. The van der Waals surface area contributed by atoms with E-state index in [0.717, 1.165) is 23.9 Å². The molecule has 2 aromatic rings. The Morgan fingerprint density at radius 1 is 1.67 bits per heavy atom. The molecule has 0 spiro atoms. The van der Waals surface area contributed by atoms with Gasteiger partial charge in [0.1, 0.15) is 0 Å². The molecule has 0 fully saturated rings. The van der Waals surface area contributed by atoms with Crippen molar-refractivity contribution in [3.63, 3.8) is 0 Å². The number of hydrogen-bond donors (Lipinski definition) is 2. The second-order valence-electron chi connectivity index (χ2n) is 3.26. The number of rotatable bonds is 4. The third-order valence-electron chi connectivity index (χ3n) is 1.98. The van der Waals surface area contributed by atoms with E-state index >= 15 is 0 Å². The van der Waals surface area contributed by atoms with Gasteiger partial charge < -0.3 is 9.88 Å². The molecule has 0 aromatic carbocycles. The van der Waals surface area contributed by atoms with Gasteiger partial charge in [-0.25, -0.2) is 4.98 Å². The number of nitrogens with one attached hydrogen (secondary N) is 2. The summed E-state index contributed by atoms with van der Waals surface area (Å²) in [5.41, 5.74) is 1.87. The maximum absolute atomic E-state index is 4.37. The average molecular weight is 203 g/mol. The van der Waals surface area contributed by atoms with E-state index in [-0.39, 0.29) is 0 Å². The van der Waals surface area contributed by atoms with E-state index in [1.807, 2.05) is 23.8 Å². The summed E-state index contributed by atoms with van der Waals surface area (Å²) in [6, 6.07) is 0. The molecule has 0 aliphatic heterocycles. The van der Waals surface area contributed by atoms with Crippen molar-refractivity contribution in [3.05, 3.63) is 36.9 Å². The standard InChI is InChI=1S/C10H13N5/c1-3-4-15-7-8(2)13-10(15)14-9-5-11-12-6-9/h3,5-7H,1,4H2,2H3,(H,11,12)(H,13,14). The molecule has 15 heavy (non-hydrogen) atoms. The van der Waals surface area contributed by atoms with Gasteiger partial charge >= 0.3 is 0 Å². The smallest absolute Gasteiger partial charge is 0.207 e. The molecule has 0 unspecified atom stereocenters. The maximum Gasteiger partial charge on any atom is 0.207 e. The first-order chi connectivity index (χ1) is 7.29. The van der Waals surface area contributed by atoms with Crippen LogP contribution in [0.5, 0.6) is 0 Å². The second-order valence-corrected chi connectivity index (χ2v) is 3.26. The van der Waals surface area contributed by atoms with Crippen LogP contribution in [0.3, 0.4) is 0 Å². The van der Waals surface area contributed by atoms with Gasteiger partial charge in [0, 0.05) is 18.9 Å². The first kappa shape index (κ1) is 9.51. The molecule has 0 amide bonds. The van der Waals surface area contributed by atoms with Crippen molar-refractivity contribution in [1.82, 2.24) is 19.7 Å². The van der Waals surface area contributed by atoms with Crippen molar-refractivity contribution >= 4 is 11.6 Å². The highest BCUT2D eigenvalue weighted by Crippen LogP contribution is 2.14. The SMILES string of the molecule is C=CCn1cc(C)nc1Nc1cn[nH]c1. The predicted molar refractivity (Wildman–Crippen MR) is 59.0 cm³/mol. The van der Waals surface area contributed by atoms with Crippen molar-refractivity contribution in [1.29, 1.82) is 0 Å². The summed E-state index contributed by atoms with van der Waals surface area (Å²) in [5.74, 6) is 0.800. The van der Waals surface area contributed by atoms with E-state index in [0.29, 0.717) is 0 Å². The Hall–Kier alpha value is -2.04. The van der Waals surface area contributed by atoms with Crippen LogP contribution in [0.25, 0.3) is 0 Å². The normalized spacial score (nSPS) is 10.2. The fourth-order valence-electron chi connectivity index (χ4n) is 1.37. The Kier molecular flexibility index (Phi) is 2.53. The van der Waals surface area contributed by atoms with Crippen molar-refractivity contribution < 1.29 is 0 Å². The van der Waals surface area contributed by atoms with Gasteiger partial charge in [-0.15, -0.1) is 6.58 Å². The molecule has 0 atom stereocenters. The van der Waals surface area contributed by atoms with Crippen LogP contribution in [0, 0.1) is 6.92 Å². The third-order valence-corrected chi connectivity index (χ3v) is 1.98. The molecule has 2 aromatic heterocycles. The van der Waals surface area contributed by atoms with Crippen molar-refractivity contribution in [3.8, 4) is 0 Å². The molecule has 0 bridgehead atoms. The summed E-state index contributed by atoms with van der Waals surface area (Å²) in [7, 11) is 0. The quantitative estimate of drug-likeness (QED) is 0.745. The molecule has 5 heteroatoms. The number of aromatic amines is 1. The highest BCUT2D eigenvalue weighted by Gasteiger charge is 2.04. The van der Waals surface area contributed by atoms with Crippen LogP contribution in [0.2, 0.25) is 0 Å². The zero-order chi connectivity index (χ0) is 10.7. The first-order valence-electron chi connectivity index (χ1n) is 4.70. The van der Waals surface area contributed by atoms with Crippen LogP contribution in [0.1, 0.15) is 5.69 Å². The maximum atomic E-state index is 4.37. The zero-order valence-corrected chi connectivity index (χ0v) is 8.57. The van der Waals surface area contributed by atoms with E-state index in [1.165, 1.54) is 0 Å². The predicted octanol–water partition coefficient (Wildman–Crippen LogP) is 1.84. The van der Waals surface area contributed by atoms with Gasteiger partial charge in [0.15, 0.2) is 0 Å². The minimum absolute atomic E-state index is 0.737. The van der Waals surface area contributed by atoms with Gasteiger partial charge in [-0.3, -0.25) is 5.10 Å². The molecule has 0 saturated carbocycles. The topological polar surface area (TPSA) is 58.5 Å². The molecule has 2 N–H and O–H groups in total. The Morgan fingerprint density at radius 3 is 3.20 bits per heavy atom. The number of imidazole rings is 1. The molecule has 5 nitrogen and oxygen atoms in total. The summed E-state index contributed by atoms with van der Waals surface area (Å²) in [5, 5.41) is 9.76. The van der Waals surface area contributed by atoms with Crippen LogP contribution >= 0.6 is 0 Å². The number of hydrogen-bond acceptors (Lipinski definition) is 3. The molecule has 0 radical (unpaired) electrons. The summed E-state index contributed by atoms with van der Waals surface area (Å²) in [6.45, 7) is 6.40. The van der Waals surface area contributed by atoms with E-state index in [4.69, 9.17) is 0 Å². The molecule has 0 saturated heterocycles. The molecule has 78 valence electrons. The lowest BCUT2D eigenvalue weighted by Crippen LogP contribution is -2.00.